The lowest BCUT2D eigenvalue weighted by Gasteiger charge is -2.05. The van der Waals surface area contributed by atoms with E-state index in [0.717, 1.165) is 4.47 Å². The van der Waals surface area contributed by atoms with Crippen molar-refractivity contribution in [3.63, 3.8) is 0 Å². The zero-order chi connectivity index (χ0) is 11.4. The Kier molecular flexibility index (Phi) is 4.30. The maximum absolute atomic E-state index is 11.1. The minimum atomic E-state index is -0.360. The van der Waals surface area contributed by atoms with Gasteiger partial charge in [0.25, 0.3) is 0 Å². The Morgan fingerprint density at radius 1 is 1.53 bits per heavy atom. The Bertz CT molecular complexity index is 438. The van der Waals surface area contributed by atoms with Crippen LogP contribution in [0, 0.1) is 11.3 Å². The first kappa shape index (κ1) is 12.2. The van der Waals surface area contributed by atoms with Crippen molar-refractivity contribution >= 4 is 37.8 Å². The van der Waals surface area contributed by atoms with Crippen molar-refractivity contribution in [2.75, 3.05) is 7.11 Å². The molecule has 78 valence electrons. The van der Waals surface area contributed by atoms with Crippen molar-refractivity contribution in [2.24, 2.45) is 0 Å². The lowest BCUT2D eigenvalue weighted by atomic mass is 10.1. The minimum Gasteiger partial charge on any atom is -0.469 e. The van der Waals surface area contributed by atoms with Gasteiger partial charge in [0.1, 0.15) is 6.07 Å². The Labute approximate surface area is 104 Å². The monoisotopic (exact) mass is 331 g/mol. The van der Waals surface area contributed by atoms with Crippen LogP contribution in [0.5, 0.6) is 0 Å². The smallest absolute Gasteiger partial charge is 0.310 e. The standard InChI is InChI=1S/C10H7Br2NO2/c1-15-9(14)4-6-2-3-8(11)10(12)7(6)5-13/h2-3H,4H2,1H3. The number of carbonyl (C=O) groups is 1. The van der Waals surface area contributed by atoms with Crippen molar-refractivity contribution in [3.05, 3.63) is 32.2 Å². The third-order valence-electron chi connectivity index (χ3n) is 1.86. The summed E-state index contributed by atoms with van der Waals surface area (Å²) < 4.78 is 5.99. The molecule has 0 saturated heterocycles. The number of hydrogen-bond donors (Lipinski definition) is 0. The fourth-order valence-electron chi connectivity index (χ4n) is 1.09. The SMILES string of the molecule is COC(=O)Cc1ccc(Br)c(Br)c1C#N. The van der Waals surface area contributed by atoms with Crippen LogP contribution in [0.25, 0.3) is 0 Å². The van der Waals surface area contributed by atoms with Crippen LogP contribution in [0.3, 0.4) is 0 Å². The fraction of sp³-hybridized carbons (Fsp3) is 0.200. The van der Waals surface area contributed by atoms with Gasteiger partial charge < -0.3 is 4.74 Å². The molecule has 0 unspecified atom stereocenters. The normalized spacial score (nSPS) is 9.47. The highest BCUT2D eigenvalue weighted by molar-refractivity contribution is 9.13. The first-order valence-electron chi connectivity index (χ1n) is 4.04. The van der Waals surface area contributed by atoms with Gasteiger partial charge in [-0.1, -0.05) is 6.07 Å². The molecule has 0 bridgehead atoms. The second-order valence-corrected chi connectivity index (χ2v) is 4.41. The molecule has 3 nitrogen and oxygen atoms in total. The van der Waals surface area contributed by atoms with Crippen LogP contribution in [-0.2, 0) is 16.0 Å². The number of rotatable bonds is 2. The van der Waals surface area contributed by atoms with Gasteiger partial charge in [-0.25, -0.2) is 0 Å². The average molecular weight is 333 g/mol. The number of benzene rings is 1. The molecule has 0 heterocycles. The maximum Gasteiger partial charge on any atom is 0.310 e. The highest BCUT2D eigenvalue weighted by atomic mass is 79.9. The summed E-state index contributed by atoms with van der Waals surface area (Å²) in [6.45, 7) is 0. The van der Waals surface area contributed by atoms with Crippen LogP contribution >= 0.6 is 31.9 Å². The second kappa shape index (κ2) is 5.29. The van der Waals surface area contributed by atoms with Crippen LogP contribution in [0.2, 0.25) is 0 Å². The topological polar surface area (TPSA) is 50.1 Å². The summed E-state index contributed by atoms with van der Waals surface area (Å²) in [6, 6.07) is 5.56. The van der Waals surface area contributed by atoms with E-state index in [4.69, 9.17) is 5.26 Å². The molecule has 0 spiro atoms. The van der Waals surface area contributed by atoms with E-state index in [-0.39, 0.29) is 12.4 Å². The van der Waals surface area contributed by atoms with E-state index in [0.29, 0.717) is 15.6 Å². The number of nitrogens with zero attached hydrogens (tertiary/aromatic N) is 1. The van der Waals surface area contributed by atoms with E-state index in [9.17, 15) is 4.79 Å². The second-order valence-electron chi connectivity index (χ2n) is 2.76. The summed E-state index contributed by atoms with van der Waals surface area (Å²) in [4.78, 5) is 11.1. The zero-order valence-electron chi connectivity index (χ0n) is 7.88. The van der Waals surface area contributed by atoms with Crippen LogP contribution in [0.4, 0.5) is 0 Å². The average Bonchev–Trinajstić information content (AvgIpc) is 2.24. The van der Waals surface area contributed by atoms with Crippen LogP contribution in [0.1, 0.15) is 11.1 Å². The molecule has 1 aromatic carbocycles. The van der Waals surface area contributed by atoms with E-state index < -0.39 is 0 Å². The summed E-state index contributed by atoms with van der Waals surface area (Å²) in [5.41, 5.74) is 1.11. The quantitative estimate of drug-likeness (QED) is 0.782. The largest absolute Gasteiger partial charge is 0.469 e. The van der Waals surface area contributed by atoms with Gasteiger partial charge in [0, 0.05) is 8.95 Å². The molecule has 1 rings (SSSR count). The number of ether oxygens (including phenoxy) is 1. The first-order chi connectivity index (χ1) is 7.10. The molecule has 0 amide bonds. The maximum atomic E-state index is 11.1. The zero-order valence-corrected chi connectivity index (χ0v) is 11.1. The molecular weight excluding hydrogens is 326 g/mol. The summed E-state index contributed by atoms with van der Waals surface area (Å²) in [5, 5.41) is 8.96. The van der Waals surface area contributed by atoms with E-state index >= 15 is 0 Å². The molecule has 0 radical (unpaired) electrons. The number of carbonyl (C=O) groups excluding carboxylic acids is 1. The molecule has 0 aliphatic heterocycles. The number of nitriles is 1. The highest BCUT2D eigenvalue weighted by Crippen LogP contribution is 2.29. The van der Waals surface area contributed by atoms with Crippen molar-refractivity contribution in [3.8, 4) is 6.07 Å². The van der Waals surface area contributed by atoms with E-state index in [1.165, 1.54) is 7.11 Å². The molecular formula is C10H7Br2NO2. The number of hydrogen-bond acceptors (Lipinski definition) is 3. The van der Waals surface area contributed by atoms with Gasteiger partial charge in [-0.05, 0) is 43.5 Å². The molecule has 0 aliphatic carbocycles. The van der Waals surface area contributed by atoms with Gasteiger partial charge in [-0.15, -0.1) is 0 Å². The molecule has 0 atom stereocenters. The summed E-state index contributed by atoms with van der Waals surface area (Å²) in [6.07, 6.45) is 0.102. The van der Waals surface area contributed by atoms with Gasteiger partial charge in [0.2, 0.25) is 0 Å². The lowest BCUT2D eigenvalue weighted by Crippen LogP contribution is -2.06. The molecule has 0 aromatic heterocycles. The van der Waals surface area contributed by atoms with Crippen molar-refractivity contribution in [2.45, 2.75) is 6.42 Å². The van der Waals surface area contributed by atoms with Crippen LogP contribution in [0.15, 0.2) is 21.1 Å². The van der Waals surface area contributed by atoms with Gasteiger partial charge in [0.15, 0.2) is 0 Å². The van der Waals surface area contributed by atoms with E-state index in [1.807, 2.05) is 6.07 Å². The Balaban J connectivity index is 3.15. The third kappa shape index (κ3) is 2.80. The number of esters is 1. The molecule has 0 fully saturated rings. The molecule has 5 heteroatoms. The Morgan fingerprint density at radius 3 is 2.73 bits per heavy atom. The summed E-state index contributed by atoms with van der Waals surface area (Å²) >= 11 is 6.57. The van der Waals surface area contributed by atoms with E-state index in [1.54, 1.807) is 12.1 Å². The Morgan fingerprint density at radius 2 is 2.20 bits per heavy atom. The van der Waals surface area contributed by atoms with Gasteiger partial charge in [0.05, 0.1) is 19.1 Å². The van der Waals surface area contributed by atoms with Crippen molar-refractivity contribution < 1.29 is 9.53 Å². The molecule has 0 aliphatic rings. The van der Waals surface area contributed by atoms with Crippen LogP contribution < -0.4 is 0 Å². The third-order valence-corrected chi connectivity index (χ3v) is 3.87. The van der Waals surface area contributed by atoms with Gasteiger partial charge in [-0.2, -0.15) is 5.26 Å². The van der Waals surface area contributed by atoms with Crippen molar-refractivity contribution in [1.82, 2.24) is 0 Å². The predicted molar refractivity (Wildman–Crippen MR) is 62.3 cm³/mol. The fourth-order valence-corrected chi connectivity index (χ4v) is 1.89. The summed E-state index contributed by atoms with van der Waals surface area (Å²) in [5.74, 6) is -0.360. The first-order valence-corrected chi connectivity index (χ1v) is 5.62. The van der Waals surface area contributed by atoms with Crippen LogP contribution in [-0.4, -0.2) is 13.1 Å². The minimum absolute atomic E-state index is 0.102. The summed E-state index contributed by atoms with van der Waals surface area (Å²) in [7, 11) is 1.32. The van der Waals surface area contributed by atoms with Gasteiger partial charge in [-0.3, -0.25) is 4.79 Å². The molecule has 0 saturated carbocycles. The molecule has 0 N–H and O–H groups in total. The highest BCUT2D eigenvalue weighted by Gasteiger charge is 2.12. The molecule has 15 heavy (non-hydrogen) atoms. The van der Waals surface area contributed by atoms with E-state index in [2.05, 4.69) is 36.6 Å². The molecule has 1 aromatic rings. The lowest BCUT2D eigenvalue weighted by molar-refractivity contribution is -0.139. The number of halogens is 2. The van der Waals surface area contributed by atoms with Gasteiger partial charge >= 0.3 is 5.97 Å². The Hall–Kier alpha value is -0.860. The predicted octanol–water partition coefficient (Wildman–Crippen LogP) is 2.80. The number of methoxy groups -OCH3 is 1. The van der Waals surface area contributed by atoms with Crippen molar-refractivity contribution in [1.29, 1.82) is 5.26 Å².